The van der Waals surface area contributed by atoms with Crippen LogP contribution in [0.1, 0.15) is 35.1 Å². The SMILES string of the molecule is Cc1ccc(COc2ccccc2CNC2CCN(Cc3ccccc3)CC2)cc1. The van der Waals surface area contributed by atoms with Crippen LogP contribution < -0.4 is 10.1 Å². The Morgan fingerprint density at radius 3 is 2.30 bits per heavy atom. The van der Waals surface area contributed by atoms with Gasteiger partial charge in [0.15, 0.2) is 0 Å². The molecule has 0 spiro atoms. The lowest BCUT2D eigenvalue weighted by Crippen LogP contribution is -2.41. The molecule has 3 aromatic carbocycles. The highest BCUT2D eigenvalue weighted by Crippen LogP contribution is 2.21. The Morgan fingerprint density at radius 1 is 0.833 bits per heavy atom. The number of benzene rings is 3. The van der Waals surface area contributed by atoms with E-state index >= 15 is 0 Å². The van der Waals surface area contributed by atoms with Crippen molar-refractivity contribution in [3.05, 3.63) is 101 Å². The van der Waals surface area contributed by atoms with Gasteiger partial charge in [0.2, 0.25) is 0 Å². The lowest BCUT2D eigenvalue weighted by Gasteiger charge is -2.32. The third-order valence-corrected chi connectivity index (χ3v) is 5.91. The van der Waals surface area contributed by atoms with Gasteiger partial charge in [-0.1, -0.05) is 78.4 Å². The van der Waals surface area contributed by atoms with Crippen LogP contribution in [0.25, 0.3) is 0 Å². The maximum atomic E-state index is 6.14. The molecule has 4 rings (SSSR count). The number of aryl methyl sites for hydroxylation is 1. The molecule has 1 heterocycles. The summed E-state index contributed by atoms with van der Waals surface area (Å²) in [6.45, 7) is 6.93. The number of hydrogen-bond acceptors (Lipinski definition) is 3. The molecule has 1 saturated heterocycles. The van der Waals surface area contributed by atoms with E-state index < -0.39 is 0 Å². The van der Waals surface area contributed by atoms with Gasteiger partial charge in [-0.3, -0.25) is 4.90 Å². The van der Waals surface area contributed by atoms with Crippen molar-refractivity contribution >= 4 is 0 Å². The summed E-state index contributed by atoms with van der Waals surface area (Å²) in [5.41, 5.74) is 5.12. The van der Waals surface area contributed by atoms with E-state index in [2.05, 4.69) is 96.0 Å². The molecule has 0 radical (unpaired) electrons. The molecule has 0 unspecified atom stereocenters. The molecule has 3 heteroatoms. The first kappa shape index (κ1) is 20.6. The Balaban J connectivity index is 1.25. The lowest BCUT2D eigenvalue weighted by atomic mass is 10.0. The summed E-state index contributed by atoms with van der Waals surface area (Å²) in [7, 11) is 0. The van der Waals surface area contributed by atoms with Crippen LogP contribution in [0.15, 0.2) is 78.9 Å². The highest BCUT2D eigenvalue weighted by molar-refractivity contribution is 5.33. The van der Waals surface area contributed by atoms with Gasteiger partial charge >= 0.3 is 0 Å². The Kier molecular flexibility index (Phi) is 7.17. The van der Waals surface area contributed by atoms with Crippen LogP contribution in [0.3, 0.4) is 0 Å². The predicted octanol–water partition coefficient (Wildman–Crippen LogP) is 5.33. The normalized spacial score (nSPS) is 15.2. The second-order valence-electron chi connectivity index (χ2n) is 8.30. The minimum absolute atomic E-state index is 0.571. The first-order chi connectivity index (χ1) is 14.8. The average molecular weight is 401 g/mol. The van der Waals surface area contributed by atoms with Gasteiger partial charge in [0.1, 0.15) is 12.4 Å². The quantitative estimate of drug-likeness (QED) is 0.553. The summed E-state index contributed by atoms with van der Waals surface area (Å²) in [6.07, 6.45) is 2.39. The van der Waals surface area contributed by atoms with E-state index in [9.17, 15) is 0 Å². The van der Waals surface area contributed by atoms with Crippen LogP contribution in [0, 0.1) is 6.92 Å². The maximum Gasteiger partial charge on any atom is 0.124 e. The Hall–Kier alpha value is -2.62. The molecule has 3 nitrogen and oxygen atoms in total. The Morgan fingerprint density at radius 2 is 1.53 bits per heavy atom. The van der Waals surface area contributed by atoms with E-state index in [4.69, 9.17) is 4.74 Å². The summed E-state index contributed by atoms with van der Waals surface area (Å²) in [6, 6.07) is 28.3. The summed E-state index contributed by atoms with van der Waals surface area (Å²) in [5, 5.41) is 3.76. The number of nitrogens with zero attached hydrogens (tertiary/aromatic N) is 1. The first-order valence-electron chi connectivity index (χ1n) is 11.0. The number of piperidine rings is 1. The topological polar surface area (TPSA) is 24.5 Å². The van der Waals surface area contributed by atoms with E-state index in [1.54, 1.807) is 0 Å². The monoisotopic (exact) mass is 400 g/mol. The molecule has 156 valence electrons. The van der Waals surface area contributed by atoms with Gasteiger partial charge in [-0.05, 0) is 50.0 Å². The fraction of sp³-hybridized carbons (Fsp3) is 0.333. The number of ether oxygens (including phenoxy) is 1. The summed E-state index contributed by atoms with van der Waals surface area (Å²) in [5.74, 6) is 0.979. The minimum atomic E-state index is 0.571. The molecule has 0 amide bonds. The molecule has 0 aliphatic carbocycles. The van der Waals surface area contributed by atoms with Crippen molar-refractivity contribution in [1.29, 1.82) is 0 Å². The number of rotatable bonds is 8. The third-order valence-electron chi connectivity index (χ3n) is 5.91. The van der Waals surface area contributed by atoms with Gasteiger partial charge in [-0.25, -0.2) is 0 Å². The number of nitrogens with one attached hydrogen (secondary N) is 1. The fourth-order valence-electron chi connectivity index (χ4n) is 4.03. The molecule has 0 atom stereocenters. The Labute approximate surface area is 180 Å². The molecule has 0 bridgehead atoms. The van der Waals surface area contributed by atoms with Crippen LogP contribution in [-0.4, -0.2) is 24.0 Å². The Bertz CT molecular complexity index is 900. The van der Waals surface area contributed by atoms with Crippen LogP contribution in [0.5, 0.6) is 5.75 Å². The summed E-state index contributed by atoms with van der Waals surface area (Å²) < 4.78 is 6.14. The molecule has 1 fully saturated rings. The van der Waals surface area contributed by atoms with Crippen molar-refractivity contribution in [3.63, 3.8) is 0 Å². The van der Waals surface area contributed by atoms with Crippen molar-refractivity contribution in [2.45, 2.75) is 45.5 Å². The van der Waals surface area contributed by atoms with E-state index in [0.717, 1.165) is 31.9 Å². The molecule has 0 aromatic heterocycles. The van der Waals surface area contributed by atoms with Crippen LogP contribution in [0.4, 0.5) is 0 Å². The fourth-order valence-corrected chi connectivity index (χ4v) is 4.03. The van der Waals surface area contributed by atoms with Crippen molar-refractivity contribution in [2.24, 2.45) is 0 Å². The zero-order chi connectivity index (χ0) is 20.6. The van der Waals surface area contributed by atoms with E-state index in [0.29, 0.717) is 12.6 Å². The average Bonchev–Trinajstić information content (AvgIpc) is 2.79. The second kappa shape index (κ2) is 10.4. The third kappa shape index (κ3) is 5.94. The molecule has 30 heavy (non-hydrogen) atoms. The number of para-hydroxylation sites is 1. The standard InChI is InChI=1S/C27H32N2O/c1-22-11-13-24(14-12-22)21-30-27-10-6-5-9-25(27)19-28-26-15-17-29(18-16-26)20-23-7-3-2-4-8-23/h2-14,26,28H,15-21H2,1H3. The van der Waals surface area contributed by atoms with Crippen molar-refractivity contribution in [1.82, 2.24) is 10.2 Å². The molecular formula is C27H32N2O. The molecule has 3 aromatic rings. The second-order valence-corrected chi connectivity index (χ2v) is 8.30. The van der Waals surface area contributed by atoms with Gasteiger partial charge in [-0.15, -0.1) is 0 Å². The van der Waals surface area contributed by atoms with Crippen molar-refractivity contribution in [3.8, 4) is 5.75 Å². The van der Waals surface area contributed by atoms with Gasteiger partial charge in [0.25, 0.3) is 0 Å². The first-order valence-corrected chi connectivity index (χ1v) is 11.0. The smallest absolute Gasteiger partial charge is 0.124 e. The number of likely N-dealkylation sites (tertiary alicyclic amines) is 1. The highest BCUT2D eigenvalue weighted by atomic mass is 16.5. The molecule has 0 saturated carbocycles. The summed E-state index contributed by atoms with van der Waals surface area (Å²) in [4.78, 5) is 2.56. The maximum absolute atomic E-state index is 6.14. The zero-order valence-electron chi connectivity index (χ0n) is 17.9. The lowest BCUT2D eigenvalue weighted by molar-refractivity contribution is 0.189. The van der Waals surface area contributed by atoms with Crippen molar-refractivity contribution < 1.29 is 4.74 Å². The van der Waals surface area contributed by atoms with E-state index in [1.165, 1.54) is 35.1 Å². The summed E-state index contributed by atoms with van der Waals surface area (Å²) >= 11 is 0. The van der Waals surface area contributed by atoms with Crippen LogP contribution >= 0.6 is 0 Å². The van der Waals surface area contributed by atoms with Crippen molar-refractivity contribution in [2.75, 3.05) is 13.1 Å². The van der Waals surface area contributed by atoms with Gasteiger partial charge in [0.05, 0.1) is 0 Å². The molecular weight excluding hydrogens is 368 g/mol. The zero-order valence-corrected chi connectivity index (χ0v) is 17.9. The van der Waals surface area contributed by atoms with E-state index in [-0.39, 0.29) is 0 Å². The number of hydrogen-bond donors (Lipinski definition) is 1. The van der Waals surface area contributed by atoms with E-state index in [1.807, 2.05) is 0 Å². The van der Waals surface area contributed by atoms with Crippen LogP contribution in [-0.2, 0) is 19.7 Å². The van der Waals surface area contributed by atoms with Gasteiger partial charge in [0, 0.05) is 24.7 Å². The minimum Gasteiger partial charge on any atom is -0.489 e. The van der Waals surface area contributed by atoms with Gasteiger partial charge < -0.3 is 10.1 Å². The predicted molar refractivity (Wildman–Crippen MR) is 124 cm³/mol. The molecule has 1 aliphatic heterocycles. The highest BCUT2D eigenvalue weighted by Gasteiger charge is 2.19. The largest absolute Gasteiger partial charge is 0.489 e. The van der Waals surface area contributed by atoms with Gasteiger partial charge in [-0.2, -0.15) is 0 Å². The molecule has 1 aliphatic rings. The van der Waals surface area contributed by atoms with Crippen LogP contribution in [0.2, 0.25) is 0 Å². The molecule has 1 N–H and O–H groups in total.